The van der Waals surface area contributed by atoms with Gasteiger partial charge in [-0.1, -0.05) is 0 Å². The number of aromatic amines is 1. The number of aromatic nitrogens is 4. The van der Waals surface area contributed by atoms with E-state index in [1.165, 1.54) is 18.5 Å². The number of thiazole rings is 1. The SMILES string of the molecule is COc1ccc(N2CCOCC2)c2sc(-c3nc4nc(N5CCCC5)ccc4[nH]3)nc12. The van der Waals surface area contributed by atoms with Gasteiger partial charge < -0.3 is 24.3 Å². The molecular weight excluding hydrogens is 412 g/mol. The van der Waals surface area contributed by atoms with Crippen molar-refractivity contribution in [3.63, 3.8) is 0 Å². The summed E-state index contributed by atoms with van der Waals surface area (Å²) in [7, 11) is 1.69. The molecule has 6 rings (SSSR count). The molecule has 0 bridgehead atoms. The van der Waals surface area contributed by atoms with Crippen LogP contribution < -0.4 is 14.5 Å². The molecule has 4 aromatic rings. The zero-order valence-electron chi connectivity index (χ0n) is 17.4. The average molecular weight is 437 g/mol. The van der Waals surface area contributed by atoms with Crippen LogP contribution in [0.4, 0.5) is 11.5 Å². The fourth-order valence-electron chi connectivity index (χ4n) is 4.40. The van der Waals surface area contributed by atoms with Crippen molar-refractivity contribution in [1.82, 2.24) is 19.9 Å². The standard InChI is InChI=1S/C22H24N6O2S/c1-29-16-6-5-15(27-10-12-30-13-11-27)19-18(16)25-22(31-19)21-23-14-4-7-17(24-20(14)26-21)28-8-2-3-9-28/h4-7H,2-3,8-13H2,1H3,(H,23,24,26). The lowest BCUT2D eigenvalue weighted by molar-refractivity contribution is 0.123. The Kier molecular flexibility index (Phi) is 4.65. The largest absolute Gasteiger partial charge is 0.494 e. The normalized spacial score (nSPS) is 17.2. The number of hydrogen-bond acceptors (Lipinski definition) is 8. The van der Waals surface area contributed by atoms with Gasteiger partial charge in [0.1, 0.15) is 17.1 Å². The lowest BCUT2D eigenvalue weighted by Gasteiger charge is -2.29. The van der Waals surface area contributed by atoms with E-state index in [1.807, 2.05) is 6.07 Å². The predicted molar refractivity (Wildman–Crippen MR) is 124 cm³/mol. The number of methoxy groups -OCH3 is 1. The molecule has 2 saturated heterocycles. The van der Waals surface area contributed by atoms with E-state index in [2.05, 4.69) is 33.0 Å². The Bertz CT molecular complexity index is 1240. The summed E-state index contributed by atoms with van der Waals surface area (Å²) in [6.07, 6.45) is 2.45. The number of imidazole rings is 1. The molecule has 2 aliphatic rings. The van der Waals surface area contributed by atoms with Crippen LogP contribution in [0.15, 0.2) is 24.3 Å². The number of H-pyrrole nitrogens is 1. The summed E-state index contributed by atoms with van der Waals surface area (Å²) < 4.78 is 12.2. The number of nitrogens with zero attached hydrogens (tertiary/aromatic N) is 5. The molecule has 8 nitrogen and oxygen atoms in total. The van der Waals surface area contributed by atoms with Crippen LogP contribution in [0.2, 0.25) is 0 Å². The maximum atomic E-state index is 5.60. The van der Waals surface area contributed by atoms with E-state index >= 15 is 0 Å². The van der Waals surface area contributed by atoms with Crippen molar-refractivity contribution in [2.75, 3.05) is 56.3 Å². The van der Waals surface area contributed by atoms with Crippen molar-refractivity contribution in [3.05, 3.63) is 24.3 Å². The third-order valence-corrected chi connectivity index (χ3v) is 7.11. The van der Waals surface area contributed by atoms with Gasteiger partial charge >= 0.3 is 0 Å². The number of hydrogen-bond donors (Lipinski definition) is 1. The smallest absolute Gasteiger partial charge is 0.180 e. The summed E-state index contributed by atoms with van der Waals surface area (Å²) in [4.78, 5) is 22.6. The molecule has 5 heterocycles. The van der Waals surface area contributed by atoms with Gasteiger partial charge in [-0.2, -0.15) is 0 Å². The Balaban J connectivity index is 1.42. The van der Waals surface area contributed by atoms with E-state index < -0.39 is 0 Å². The Labute approximate surface area is 183 Å². The fourth-order valence-corrected chi connectivity index (χ4v) is 5.46. The van der Waals surface area contributed by atoms with E-state index in [1.54, 1.807) is 18.4 Å². The van der Waals surface area contributed by atoms with Gasteiger partial charge in [0.2, 0.25) is 0 Å². The lowest BCUT2D eigenvalue weighted by Crippen LogP contribution is -2.36. The third-order valence-electron chi connectivity index (χ3n) is 6.02. The molecule has 0 spiro atoms. The van der Waals surface area contributed by atoms with E-state index in [0.29, 0.717) is 0 Å². The number of pyridine rings is 1. The third kappa shape index (κ3) is 3.28. The van der Waals surface area contributed by atoms with Crippen molar-refractivity contribution in [2.24, 2.45) is 0 Å². The maximum absolute atomic E-state index is 5.60. The second kappa shape index (κ2) is 7.65. The van der Waals surface area contributed by atoms with E-state index in [9.17, 15) is 0 Å². The molecule has 3 aromatic heterocycles. The van der Waals surface area contributed by atoms with Gasteiger partial charge in [0.15, 0.2) is 16.5 Å². The second-order valence-corrected chi connectivity index (χ2v) is 8.90. The van der Waals surface area contributed by atoms with Crippen LogP contribution in [-0.2, 0) is 4.74 Å². The molecule has 160 valence electrons. The minimum atomic E-state index is 0.735. The highest BCUT2D eigenvalue weighted by Gasteiger charge is 2.21. The minimum Gasteiger partial charge on any atom is -0.494 e. The highest BCUT2D eigenvalue weighted by atomic mass is 32.1. The Morgan fingerprint density at radius 2 is 1.81 bits per heavy atom. The number of ether oxygens (including phenoxy) is 2. The topological polar surface area (TPSA) is 79.4 Å². The first-order chi connectivity index (χ1) is 15.3. The minimum absolute atomic E-state index is 0.735. The first-order valence-electron chi connectivity index (χ1n) is 10.7. The van der Waals surface area contributed by atoms with Gasteiger partial charge in [0.25, 0.3) is 0 Å². The highest BCUT2D eigenvalue weighted by molar-refractivity contribution is 7.22. The lowest BCUT2D eigenvalue weighted by atomic mass is 10.2. The molecule has 1 N–H and O–H groups in total. The molecule has 1 aromatic carbocycles. The second-order valence-electron chi connectivity index (χ2n) is 7.90. The Morgan fingerprint density at radius 1 is 0.968 bits per heavy atom. The van der Waals surface area contributed by atoms with Crippen LogP contribution >= 0.6 is 11.3 Å². The molecule has 31 heavy (non-hydrogen) atoms. The van der Waals surface area contributed by atoms with Crippen molar-refractivity contribution < 1.29 is 9.47 Å². The molecule has 0 unspecified atom stereocenters. The molecule has 0 radical (unpaired) electrons. The van der Waals surface area contributed by atoms with E-state index in [0.717, 1.165) is 83.2 Å². The van der Waals surface area contributed by atoms with Crippen molar-refractivity contribution >= 4 is 44.2 Å². The molecule has 0 aliphatic carbocycles. The van der Waals surface area contributed by atoms with Crippen molar-refractivity contribution in [3.8, 4) is 16.6 Å². The number of morpholine rings is 1. The monoisotopic (exact) mass is 436 g/mol. The number of rotatable bonds is 4. The maximum Gasteiger partial charge on any atom is 0.180 e. The average Bonchev–Trinajstić information content (AvgIpc) is 3.57. The Morgan fingerprint density at radius 3 is 2.61 bits per heavy atom. The van der Waals surface area contributed by atoms with E-state index in [-0.39, 0.29) is 0 Å². The zero-order valence-corrected chi connectivity index (χ0v) is 18.2. The number of nitrogens with one attached hydrogen (secondary N) is 1. The zero-order chi connectivity index (χ0) is 20.8. The molecule has 0 amide bonds. The van der Waals surface area contributed by atoms with Crippen LogP contribution in [0.5, 0.6) is 5.75 Å². The van der Waals surface area contributed by atoms with Gasteiger partial charge in [0, 0.05) is 26.2 Å². The van der Waals surface area contributed by atoms with Crippen molar-refractivity contribution in [1.29, 1.82) is 0 Å². The molecule has 0 saturated carbocycles. The van der Waals surface area contributed by atoms with Crippen LogP contribution in [-0.4, -0.2) is 66.4 Å². The summed E-state index contributed by atoms with van der Waals surface area (Å²) in [5.74, 6) is 2.53. The number of benzene rings is 1. The van der Waals surface area contributed by atoms with Crippen LogP contribution in [0.25, 0.3) is 32.2 Å². The summed E-state index contributed by atoms with van der Waals surface area (Å²) in [5.41, 5.74) is 3.71. The van der Waals surface area contributed by atoms with Crippen molar-refractivity contribution in [2.45, 2.75) is 12.8 Å². The summed E-state index contributed by atoms with van der Waals surface area (Å²) >= 11 is 1.64. The molecular formula is C22H24N6O2S. The fraction of sp³-hybridized carbons (Fsp3) is 0.409. The summed E-state index contributed by atoms with van der Waals surface area (Å²) in [6.45, 7) is 5.38. The predicted octanol–water partition coefficient (Wildman–Crippen LogP) is 3.68. The Hall–Kier alpha value is -2.91. The molecule has 0 atom stereocenters. The quantitative estimate of drug-likeness (QED) is 0.523. The first kappa shape index (κ1) is 18.8. The number of anilines is 2. The van der Waals surface area contributed by atoms with Gasteiger partial charge in [-0.15, -0.1) is 11.3 Å². The highest BCUT2D eigenvalue weighted by Crippen LogP contribution is 2.40. The van der Waals surface area contributed by atoms with E-state index in [4.69, 9.17) is 24.4 Å². The van der Waals surface area contributed by atoms with Gasteiger partial charge in [-0.3, -0.25) is 0 Å². The van der Waals surface area contributed by atoms with Gasteiger partial charge in [-0.05, 0) is 37.1 Å². The van der Waals surface area contributed by atoms with Gasteiger partial charge in [0.05, 0.1) is 36.2 Å². The summed E-state index contributed by atoms with van der Waals surface area (Å²) in [5, 5.41) is 0.842. The van der Waals surface area contributed by atoms with Crippen LogP contribution in [0, 0.1) is 0 Å². The molecule has 2 fully saturated rings. The first-order valence-corrected chi connectivity index (χ1v) is 11.5. The molecule has 2 aliphatic heterocycles. The number of fused-ring (bicyclic) bond motifs is 2. The molecule has 9 heteroatoms. The van der Waals surface area contributed by atoms with Gasteiger partial charge in [-0.25, -0.2) is 15.0 Å². The summed E-state index contributed by atoms with van der Waals surface area (Å²) in [6, 6.07) is 8.27. The van der Waals surface area contributed by atoms with Crippen LogP contribution in [0.1, 0.15) is 12.8 Å². The van der Waals surface area contributed by atoms with Crippen LogP contribution in [0.3, 0.4) is 0 Å².